The van der Waals surface area contributed by atoms with Gasteiger partial charge < -0.3 is 20.8 Å². The van der Waals surface area contributed by atoms with Gasteiger partial charge in [-0.05, 0) is 18.6 Å². The van der Waals surface area contributed by atoms with E-state index >= 15 is 0 Å². The van der Waals surface area contributed by atoms with E-state index in [1.165, 1.54) is 0 Å². The van der Waals surface area contributed by atoms with E-state index in [0.29, 0.717) is 18.7 Å². The first-order chi connectivity index (χ1) is 14.5. The number of benzene rings is 1. The van der Waals surface area contributed by atoms with E-state index in [1.54, 1.807) is 6.33 Å². The first-order valence-electron chi connectivity index (χ1n) is 9.63. The van der Waals surface area contributed by atoms with Gasteiger partial charge in [0.1, 0.15) is 12.2 Å². The number of para-hydroxylation sites is 1. The predicted octanol–water partition coefficient (Wildman–Crippen LogP) is 1.87. The van der Waals surface area contributed by atoms with Gasteiger partial charge in [0.15, 0.2) is 5.82 Å². The van der Waals surface area contributed by atoms with Crippen molar-refractivity contribution in [3.63, 3.8) is 0 Å². The average Bonchev–Trinajstić information content (AvgIpc) is 3.42. The topological polar surface area (TPSA) is 142 Å². The number of aryl methyl sites for hydroxylation is 1. The van der Waals surface area contributed by atoms with Crippen LogP contribution in [-0.2, 0) is 16.1 Å². The number of rotatable bonds is 9. The van der Waals surface area contributed by atoms with Crippen LogP contribution in [0.3, 0.4) is 0 Å². The van der Waals surface area contributed by atoms with E-state index in [1.807, 2.05) is 16.8 Å². The lowest BCUT2D eigenvalue weighted by Crippen LogP contribution is -2.26. The summed E-state index contributed by atoms with van der Waals surface area (Å²) in [6, 6.07) is 8.22. The van der Waals surface area contributed by atoms with Gasteiger partial charge in [0, 0.05) is 36.5 Å². The second-order valence-corrected chi connectivity index (χ2v) is 6.32. The number of aromatic nitrogens is 3. The maximum absolute atomic E-state index is 9.55. The van der Waals surface area contributed by atoms with Gasteiger partial charge in [0.2, 0.25) is 0 Å². The summed E-state index contributed by atoms with van der Waals surface area (Å²) in [5.74, 6) is -0.583. The van der Waals surface area contributed by atoms with Gasteiger partial charge in [0.05, 0.1) is 13.1 Å². The minimum Gasteiger partial charge on any atom is -0.478 e. The van der Waals surface area contributed by atoms with Crippen molar-refractivity contribution in [3.8, 4) is 11.4 Å². The van der Waals surface area contributed by atoms with Crippen molar-refractivity contribution in [2.75, 3.05) is 25.0 Å². The lowest BCUT2D eigenvalue weighted by atomic mass is 10.1. The third-order valence-electron chi connectivity index (χ3n) is 4.07. The van der Waals surface area contributed by atoms with Gasteiger partial charge in [-0.3, -0.25) is 4.99 Å². The summed E-state index contributed by atoms with van der Waals surface area (Å²) >= 11 is 0. The molecule has 1 aromatic carbocycles. The molecule has 2 aromatic rings. The molecule has 1 aliphatic rings. The number of carboxylic acids is 2. The Hall–Kier alpha value is -3.69. The zero-order chi connectivity index (χ0) is 21.8. The van der Waals surface area contributed by atoms with Crippen molar-refractivity contribution in [3.05, 3.63) is 42.7 Å². The number of carbonyl (C=O) groups is 2. The highest BCUT2D eigenvalue weighted by atomic mass is 16.4. The maximum atomic E-state index is 9.55. The highest BCUT2D eigenvalue weighted by molar-refractivity contribution is 5.89. The van der Waals surface area contributed by atoms with Crippen molar-refractivity contribution < 1.29 is 19.8 Å². The molecule has 0 atom stereocenters. The molecular formula is C20H26N6O4. The molecule has 0 radical (unpaired) electrons. The second-order valence-electron chi connectivity index (χ2n) is 6.32. The molecule has 10 nitrogen and oxygen atoms in total. The number of nitrogens with one attached hydrogen (secondary N) is 2. The van der Waals surface area contributed by atoms with Gasteiger partial charge >= 0.3 is 11.9 Å². The van der Waals surface area contributed by atoms with E-state index in [2.05, 4.69) is 44.8 Å². The van der Waals surface area contributed by atoms with Crippen LogP contribution in [-0.4, -0.2) is 62.4 Å². The SMILES string of the molecule is CCCCn1ncnc1-c1ccccc1NCC1=NCCN1.O=C(O)C=CC(=O)O. The van der Waals surface area contributed by atoms with E-state index in [-0.39, 0.29) is 0 Å². The second kappa shape index (κ2) is 12.0. The van der Waals surface area contributed by atoms with Gasteiger partial charge in [-0.15, -0.1) is 0 Å². The normalized spacial score (nSPS) is 12.6. The number of carboxylic acid groups (broad SMARTS) is 2. The molecule has 1 aromatic heterocycles. The van der Waals surface area contributed by atoms with Crippen molar-refractivity contribution in [1.29, 1.82) is 0 Å². The minimum atomic E-state index is -1.26. The molecule has 0 amide bonds. The molecular weight excluding hydrogens is 388 g/mol. The lowest BCUT2D eigenvalue weighted by Gasteiger charge is -2.12. The molecule has 3 rings (SSSR count). The van der Waals surface area contributed by atoms with Crippen LogP contribution in [0.15, 0.2) is 47.7 Å². The Morgan fingerprint density at radius 2 is 1.97 bits per heavy atom. The Kier molecular flexibility index (Phi) is 9.04. The molecule has 10 heteroatoms. The molecule has 0 unspecified atom stereocenters. The van der Waals surface area contributed by atoms with Gasteiger partial charge in [-0.1, -0.05) is 25.5 Å². The molecule has 0 aliphatic carbocycles. The minimum absolute atomic E-state index is 0.558. The summed E-state index contributed by atoms with van der Waals surface area (Å²) in [6.45, 7) is 5.59. The van der Waals surface area contributed by atoms with Crippen molar-refractivity contribution in [2.45, 2.75) is 26.3 Å². The largest absolute Gasteiger partial charge is 0.478 e. The molecule has 0 saturated carbocycles. The van der Waals surface area contributed by atoms with Gasteiger partial charge in [-0.25, -0.2) is 19.3 Å². The van der Waals surface area contributed by atoms with Crippen molar-refractivity contribution in [2.24, 2.45) is 4.99 Å². The van der Waals surface area contributed by atoms with Crippen molar-refractivity contribution in [1.82, 2.24) is 20.1 Å². The standard InChI is InChI=1S/C16H22N6.C4H4O4/c1-2-3-10-22-16(20-12-21-22)13-6-4-5-7-14(13)19-11-15-17-8-9-18-15;5-3(6)1-2-4(7)8/h4-7,12,19H,2-3,8-11H2,1H3,(H,17,18);1-2H,(H,5,6)(H,7,8). The van der Waals surface area contributed by atoms with E-state index in [9.17, 15) is 9.59 Å². The van der Waals surface area contributed by atoms with E-state index < -0.39 is 11.9 Å². The van der Waals surface area contributed by atoms with Crippen LogP contribution >= 0.6 is 0 Å². The van der Waals surface area contributed by atoms with E-state index in [0.717, 1.165) is 55.4 Å². The summed E-state index contributed by atoms with van der Waals surface area (Å²) in [5, 5.41) is 26.7. The number of nitrogens with zero attached hydrogens (tertiary/aromatic N) is 4. The summed E-state index contributed by atoms with van der Waals surface area (Å²) in [6.07, 6.45) is 4.99. The van der Waals surface area contributed by atoms with Gasteiger partial charge in [-0.2, -0.15) is 5.10 Å². The van der Waals surface area contributed by atoms with Crippen LogP contribution in [0.1, 0.15) is 19.8 Å². The first kappa shape index (κ1) is 22.6. The van der Waals surface area contributed by atoms with Crippen LogP contribution in [0.2, 0.25) is 0 Å². The Labute approximate surface area is 174 Å². The number of amidine groups is 1. The first-order valence-corrected chi connectivity index (χ1v) is 9.63. The fraction of sp³-hybridized carbons (Fsp3) is 0.350. The Balaban J connectivity index is 0.000000343. The Morgan fingerprint density at radius 1 is 1.23 bits per heavy atom. The zero-order valence-electron chi connectivity index (χ0n) is 16.8. The molecule has 4 N–H and O–H groups in total. The van der Waals surface area contributed by atoms with Gasteiger partial charge in [0.25, 0.3) is 0 Å². The quantitative estimate of drug-likeness (QED) is 0.456. The van der Waals surface area contributed by atoms with Crippen LogP contribution in [0.25, 0.3) is 11.4 Å². The van der Waals surface area contributed by atoms with Crippen LogP contribution in [0.4, 0.5) is 5.69 Å². The number of aliphatic carboxylic acids is 2. The number of hydrogen-bond acceptors (Lipinski definition) is 7. The molecule has 0 saturated heterocycles. The fourth-order valence-corrected chi connectivity index (χ4v) is 2.66. The van der Waals surface area contributed by atoms with Crippen LogP contribution in [0.5, 0.6) is 0 Å². The number of hydrogen-bond donors (Lipinski definition) is 4. The molecule has 30 heavy (non-hydrogen) atoms. The molecule has 1 aliphatic heterocycles. The highest BCUT2D eigenvalue weighted by Crippen LogP contribution is 2.26. The summed E-state index contributed by atoms with van der Waals surface area (Å²) in [7, 11) is 0. The fourth-order valence-electron chi connectivity index (χ4n) is 2.66. The Bertz CT molecular complexity index is 890. The Morgan fingerprint density at radius 3 is 2.60 bits per heavy atom. The number of unbranched alkanes of at least 4 members (excludes halogenated alkanes) is 1. The average molecular weight is 414 g/mol. The summed E-state index contributed by atoms with van der Waals surface area (Å²) < 4.78 is 1.98. The molecule has 0 fully saturated rings. The van der Waals surface area contributed by atoms with Crippen molar-refractivity contribution >= 4 is 23.5 Å². The smallest absolute Gasteiger partial charge is 0.328 e. The molecule has 0 bridgehead atoms. The molecule has 160 valence electrons. The summed E-state index contributed by atoms with van der Waals surface area (Å²) in [5.41, 5.74) is 2.14. The maximum Gasteiger partial charge on any atom is 0.328 e. The number of aliphatic imine (C=N–C) groups is 1. The highest BCUT2D eigenvalue weighted by Gasteiger charge is 2.12. The van der Waals surface area contributed by atoms with E-state index in [4.69, 9.17) is 10.2 Å². The predicted molar refractivity (Wildman–Crippen MR) is 114 cm³/mol. The number of anilines is 1. The summed E-state index contributed by atoms with van der Waals surface area (Å²) in [4.78, 5) is 28.0. The zero-order valence-corrected chi connectivity index (χ0v) is 16.8. The third-order valence-corrected chi connectivity index (χ3v) is 4.07. The third kappa shape index (κ3) is 7.38. The lowest BCUT2D eigenvalue weighted by molar-refractivity contribution is -0.134. The molecule has 2 heterocycles. The monoisotopic (exact) mass is 414 g/mol. The van der Waals surface area contributed by atoms with Crippen LogP contribution in [0, 0.1) is 0 Å². The molecule has 0 spiro atoms. The van der Waals surface area contributed by atoms with Crippen LogP contribution < -0.4 is 10.6 Å².